The molecule has 2 nitrogen and oxygen atoms in total. The average Bonchev–Trinajstić information content (AvgIpc) is 2.50. The van der Waals surface area contributed by atoms with Gasteiger partial charge in [-0.2, -0.15) is 0 Å². The average molecular weight is 213 g/mol. The molecule has 3 atom stereocenters. The maximum absolute atomic E-state index is 5.63. The fraction of sp³-hybridized carbons (Fsp3) is 1.00. The molecule has 1 N–H and O–H groups in total. The fourth-order valence-corrected chi connectivity index (χ4v) is 2.29. The maximum Gasteiger partial charge on any atom is 0.0617 e. The Hall–Kier alpha value is -0.0800. The van der Waals surface area contributed by atoms with Gasteiger partial charge < -0.3 is 10.1 Å². The molecule has 3 unspecified atom stereocenters. The van der Waals surface area contributed by atoms with Crippen molar-refractivity contribution in [2.45, 2.75) is 59.0 Å². The molecule has 0 aromatic heterocycles. The molecule has 90 valence electrons. The Morgan fingerprint density at radius 1 is 1.20 bits per heavy atom. The fourth-order valence-electron chi connectivity index (χ4n) is 2.29. The van der Waals surface area contributed by atoms with E-state index >= 15 is 0 Å². The number of hydrogen-bond acceptors (Lipinski definition) is 2. The van der Waals surface area contributed by atoms with Crippen LogP contribution in [0.4, 0.5) is 0 Å². The first-order valence-corrected chi connectivity index (χ1v) is 6.41. The summed E-state index contributed by atoms with van der Waals surface area (Å²) in [6.07, 6.45) is 4.07. The summed E-state index contributed by atoms with van der Waals surface area (Å²) in [5.74, 6) is 1.55. The van der Waals surface area contributed by atoms with Gasteiger partial charge in [0.25, 0.3) is 0 Å². The van der Waals surface area contributed by atoms with E-state index < -0.39 is 0 Å². The lowest BCUT2D eigenvalue weighted by Crippen LogP contribution is -2.38. The molecular formula is C13H27NO. The van der Waals surface area contributed by atoms with Crippen molar-refractivity contribution in [3.63, 3.8) is 0 Å². The summed E-state index contributed by atoms with van der Waals surface area (Å²) >= 11 is 0. The molecule has 15 heavy (non-hydrogen) atoms. The molecule has 0 bridgehead atoms. The number of hydrogen-bond donors (Lipinski definition) is 1. The lowest BCUT2D eigenvalue weighted by atomic mass is 10.1. The lowest BCUT2D eigenvalue weighted by Gasteiger charge is -2.20. The Balaban J connectivity index is 2.05. The molecular weight excluding hydrogens is 186 g/mol. The zero-order valence-electron chi connectivity index (χ0n) is 10.8. The molecule has 2 heteroatoms. The Bertz CT molecular complexity index is 170. The predicted octanol–water partition coefficient (Wildman–Crippen LogP) is 2.83. The van der Waals surface area contributed by atoms with Crippen LogP contribution in [0.3, 0.4) is 0 Å². The van der Waals surface area contributed by atoms with E-state index in [0.717, 1.165) is 25.2 Å². The van der Waals surface area contributed by atoms with Gasteiger partial charge in [-0.3, -0.25) is 0 Å². The molecule has 0 radical (unpaired) electrons. The van der Waals surface area contributed by atoms with Crippen LogP contribution >= 0.6 is 0 Å². The van der Waals surface area contributed by atoms with Crippen LogP contribution in [0.1, 0.15) is 47.0 Å². The molecule has 0 aromatic carbocycles. The molecule has 0 aromatic rings. The van der Waals surface area contributed by atoms with Gasteiger partial charge in [0.1, 0.15) is 0 Å². The Morgan fingerprint density at radius 2 is 1.93 bits per heavy atom. The second kappa shape index (κ2) is 6.49. The van der Waals surface area contributed by atoms with Crippen molar-refractivity contribution in [2.24, 2.45) is 11.8 Å². The largest absolute Gasteiger partial charge is 0.380 e. The Kier molecular flexibility index (Phi) is 5.62. The van der Waals surface area contributed by atoms with Gasteiger partial charge in [-0.1, -0.05) is 20.8 Å². The second-order valence-corrected chi connectivity index (χ2v) is 5.61. The molecule has 0 heterocycles. The number of nitrogens with one attached hydrogen (secondary N) is 1. The van der Waals surface area contributed by atoms with Gasteiger partial charge >= 0.3 is 0 Å². The quantitative estimate of drug-likeness (QED) is 0.732. The summed E-state index contributed by atoms with van der Waals surface area (Å²) in [5.41, 5.74) is 0. The van der Waals surface area contributed by atoms with Gasteiger partial charge in [-0.15, -0.1) is 0 Å². The van der Waals surface area contributed by atoms with Crippen LogP contribution in [0.25, 0.3) is 0 Å². The van der Waals surface area contributed by atoms with Crippen LogP contribution < -0.4 is 5.32 Å². The lowest BCUT2D eigenvalue weighted by molar-refractivity contribution is 0.0910. The van der Waals surface area contributed by atoms with Crippen LogP contribution in [-0.2, 0) is 4.74 Å². The van der Waals surface area contributed by atoms with E-state index in [2.05, 4.69) is 33.0 Å². The van der Waals surface area contributed by atoms with Crippen molar-refractivity contribution in [1.82, 2.24) is 5.32 Å². The molecule has 1 saturated carbocycles. The zero-order valence-corrected chi connectivity index (χ0v) is 10.8. The van der Waals surface area contributed by atoms with Gasteiger partial charge in [-0.05, 0) is 38.0 Å². The predicted molar refractivity (Wildman–Crippen MR) is 65.1 cm³/mol. The molecule has 1 aliphatic carbocycles. The normalized spacial score (nSPS) is 28.6. The first kappa shape index (κ1) is 13.0. The molecule has 1 rings (SSSR count). The first-order valence-electron chi connectivity index (χ1n) is 6.41. The molecule has 0 amide bonds. The second-order valence-electron chi connectivity index (χ2n) is 5.61. The van der Waals surface area contributed by atoms with Gasteiger partial charge in [0.05, 0.1) is 6.61 Å². The van der Waals surface area contributed by atoms with E-state index in [1.165, 1.54) is 19.3 Å². The highest BCUT2D eigenvalue weighted by Crippen LogP contribution is 2.24. The van der Waals surface area contributed by atoms with Gasteiger partial charge in [0.15, 0.2) is 0 Å². The molecule has 0 saturated heterocycles. The van der Waals surface area contributed by atoms with Crippen LogP contribution in [0.15, 0.2) is 0 Å². The van der Waals surface area contributed by atoms with Crippen molar-refractivity contribution < 1.29 is 4.74 Å². The Labute approximate surface area is 94.8 Å². The van der Waals surface area contributed by atoms with Gasteiger partial charge in [0, 0.05) is 18.7 Å². The van der Waals surface area contributed by atoms with Crippen LogP contribution in [0, 0.1) is 11.8 Å². The molecule has 1 fully saturated rings. The zero-order chi connectivity index (χ0) is 11.3. The highest BCUT2D eigenvalue weighted by Gasteiger charge is 2.22. The van der Waals surface area contributed by atoms with E-state index in [4.69, 9.17) is 4.74 Å². The van der Waals surface area contributed by atoms with Crippen molar-refractivity contribution in [2.75, 3.05) is 13.2 Å². The summed E-state index contributed by atoms with van der Waals surface area (Å²) in [5, 5.41) is 3.66. The molecule has 0 spiro atoms. The van der Waals surface area contributed by atoms with Crippen molar-refractivity contribution >= 4 is 0 Å². The van der Waals surface area contributed by atoms with Gasteiger partial charge in [-0.25, -0.2) is 0 Å². The maximum atomic E-state index is 5.63. The van der Waals surface area contributed by atoms with E-state index in [9.17, 15) is 0 Å². The van der Waals surface area contributed by atoms with Crippen LogP contribution in [0.2, 0.25) is 0 Å². The molecule has 0 aliphatic heterocycles. The number of ether oxygens (including phenoxy) is 1. The minimum atomic E-state index is 0.499. The summed E-state index contributed by atoms with van der Waals surface area (Å²) in [4.78, 5) is 0. The third-order valence-corrected chi connectivity index (χ3v) is 3.03. The highest BCUT2D eigenvalue weighted by atomic mass is 16.5. The summed E-state index contributed by atoms with van der Waals surface area (Å²) in [7, 11) is 0. The number of rotatable bonds is 6. The Morgan fingerprint density at radius 3 is 2.47 bits per heavy atom. The van der Waals surface area contributed by atoms with Crippen LogP contribution in [0.5, 0.6) is 0 Å². The summed E-state index contributed by atoms with van der Waals surface area (Å²) in [6, 6.07) is 1.23. The van der Waals surface area contributed by atoms with E-state index in [-0.39, 0.29) is 0 Å². The van der Waals surface area contributed by atoms with Crippen molar-refractivity contribution in [3.8, 4) is 0 Å². The van der Waals surface area contributed by atoms with Crippen molar-refractivity contribution in [1.29, 1.82) is 0 Å². The smallest absolute Gasteiger partial charge is 0.0617 e. The minimum Gasteiger partial charge on any atom is -0.380 e. The SMILES string of the molecule is CC(C)COCC(C)NC1CCC(C)C1. The standard InChI is InChI=1S/C13H27NO/c1-10(2)8-15-9-12(4)14-13-6-5-11(3)7-13/h10-14H,5-9H2,1-4H3. The van der Waals surface area contributed by atoms with E-state index in [0.29, 0.717) is 12.0 Å². The highest BCUT2D eigenvalue weighted by molar-refractivity contribution is 4.80. The summed E-state index contributed by atoms with van der Waals surface area (Å²) < 4.78 is 5.63. The first-order chi connectivity index (χ1) is 7.08. The van der Waals surface area contributed by atoms with Crippen molar-refractivity contribution in [3.05, 3.63) is 0 Å². The third-order valence-electron chi connectivity index (χ3n) is 3.03. The summed E-state index contributed by atoms with van der Waals surface area (Å²) in [6.45, 7) is 10.7. The topological polar surface area (TPSA) is 21.3 Å². The minimum absolute atomic E-state index is 0.499. The van der Waals surface area contributed by atoms with E-state index in [1.807, 2.05) is 0 Å². The third kappa shape index (κ3) is 5.53. The van der Waals surface area contributed by atoms with Gasteiger partial charge in [0.2, 0.25) is 0 Å². The van der Waals surface area contributed by atoms with Crippen LogP contribution in [-0.4, -0.2) is 25.3 Å². The molecule has 1 aliphatic rings. The monoisotopic (exact) mass is 213 g/mol. The van der Waals surface area contributed by atoms with E-state index in [1.54, 1.807) is 0 Å².